The van der Waals surface area contributed by atoms with Crippen LogP contribution in [0.4, 0.5) is 5.69 Å². The fraction of sp³-hybridized carbons (Fsp3) is 0.240. The molecule has 0 spiro atoms. The second-order valence-corrected chi connectivity index (χ2v) is 11.1. The lowest BCUT2D eigenvalue weighted by Gasteiger charge is -2.26. The summed E-state index contributed by atoms with van der Waals surface area (Å²) in [6.45, 7) is 3.19. The Bertz CT molecular complexity index is 1490. The van der Waals surface area contributed by atoms with Crippen LogP contribution >= 0.6 is 11.8 Å². The predicted octanol–water partition coefficient (Wildman–Crippen LogP) is 3.59. The Morgan fingerprint density at radius 1 is 1.05 bits per heavy atom. The molecule has 0 unspecified atom stereocenters. The average Bonchev–Trinajstić information content (AvgIpc) is 3.54. The quantitative estimate of drug-likeness (QED) is 0.338. The second kappa shape index (κ2) is 10.9. The lowest BCUT2D eigenvalue weighted by molar-refractivity contribution is -0.113. The number of sulfonamides is 1. The summed E-state index contributed by atoms with van der Waals surface area (Å²) < 4.78 is 39.9. The molecule has 1 N–H and O–H groups in total. The Hall–Kier alpha value is -3.45. The van der Waals surface area contributed by atoms with Gasteiger partial charge in [0.05, 0.1) is 35.7 Å². The van der Waals surface area contributed by atoms with Gasteiger partial charge in [0.25, 0.3) is 0 Å². The van der Waals surface area contributed by atoms with Crippen LogP contribution in [0, 0.1) is 6.92 Å². The van der Waals surface area contributed by atoms with Crippen molar-refractivity contribution in [1.29, 1.82) is 0 Å². The monoisotopic (exact) mass is 539 g/mol. The first-order chi connectivity index (χ1) is 17.9. The first-order valence-corrected chi connectivity index (χ1v) is 14.0. The summed E-state index contributed by atoms with van der Waals surface area (Å²) in [6, 6.07) is 17.7. The van der Waals surface area contributed by atoms with Gasteiger partial charge in [-0.3, -0.25) is 9.36 Å². The number of anilines is 1. The fourth-order valence-electron chi connectivity index (χ4n) is 3.96. The zero-order valence-electron chi connectivity index (χ0n) is 20.0. The minimum Gasteiger partial charge on any atom is -0.469 e. The van der Waals surface area contributed by atoms with Crippen LogP contribution in [0.5, 0.6) is 0 Å². The standard InChI is InChI=1S/C25H25N5O5S2/c1-18-22(10-13-35-18)24-27-28-25(30(24)20-7-3-2-4-8-20)36-17-23(31)26-19-6-5-9-21(16-19)37(32,33)29-11-14-34-15-12-29/h2-10,13,16H,11-12,14-15,17H2,1H3,(H,26,31). The summed E-state index contributed by atoms with van der Waals surface area (Å²) in [7, 11) is -3.67. The number of carbonyl (C=O) groups is 1. The van der Waals surface area contributed by atoms with Crippen LogP contribution in [0.2, 0.25) is 0 Å². The molecule has 0 radical (unpaired) electrons. The van der Waals surface area contributed by atoms with Gasteiger partial charge in [0.1, 0.15) is 5.76 Å². The summed E-state index contributed by atoms with van der Waals surface area (Å²) >= 11 is 1.23. The van der Waals surface area contributed by atoms with Crippen molar-refractivity contribution in [3.63, 3.8) is 0 Å². The number of carbonyl (C=O) groups excluding carboxylic acids is 1. The van der Waals surface area contributed by atoms with Gasteiger partial charge < -0.3 is 14.5 Å². The fourth-order valence-corrected chi connectivity index (χ4v) is 6.17. The first-order valence-electron chi connectivity index (χ1n) is 11.6. The Balaban J connectivity index is 1.32. The molecule has 0 atom stereocenters. The van der Waals surface area contributed by atoms with E-state index in [1.54, 1.807) is 18.4 Å². The van der Waals surface area contributed by atoms with E-state index < -0.39 is 10.0 Å². The Morgan fingerprint density at radius 2 is 1.84 bits per heavy atom. The smallest absolute Gasteiger partial charge is 0.243 e. The van der Waals surface area contributed by atoms with Crippen LogP contribution < -0.4 is 5.32 Å². The average molecular weight is 540 g/mol. The van der Waals surface area contributed by atoms with Crippen molar-refractivity contribution >= 4 is 33.4 Å². The molecule has 0 bridgehead atoms. The zero-order valence-corrected chi connectivity index (χ0v) is 21.7. The van der Waals surface area contributed by atoms with Gasteiger partial charge in [0.15, 0.2) is 11.0 Å². The highest BCUT2D eigenvalue weighted by Crippen LogP contribution is 2.30. The lowest BCUT2D eigenvalue weighted by Crippen LogP contribution is -2.40. The van der Waals surface area contributed by atoms with E-state index in [4.69, 9.17) is 9.15 Å². The number of aromatic nitrogens is 3. The minimum atomic E-state index is -3.67. The zero-order chi connectivity index (χ0) is 25.8. The van der Waals surface area contributed by atoms with E-state index in [1.165, 1.54) is 28.2 Å². The van der Waals surface area contributed by atoms with Crippen molar-refractivity contribution in [3.05, 3.63) is 72.7 Å². The molecule has 1 saturated heterocycles. The summed E-state index contributed by atoms with van der Waals surface area (Å²) in [5, 5.41) is 12.0. The topological polar surface area (TPSA) is 120 Å². The number of hydrogen-bond acceptors (Lipinski definition) is 8. The molecule has 5 rings (SSSR count). The third-order valence-corrected chi connectivity index (χ3v) is 8.63. The van der Waals surface area contributed by atoms with Crippen molar-refractivity contribution in [1.82, 2.24) is 19.1 Å². The Kier molecular flexibility index (Phi) is 7.42. The number of thioether (sulfide) groups is 1. The van der Waals surface area contributed by atoms with E-state index in [2.05, 4.69) is 15.5 Å². The number of para-hydroxylation sites is 1. The van der Waals surface area contributed by atoms with Crippen LogP contribution in [0.3, 0.4) is 0 Å². The van der Waals surface area contributed by atoms with Crippen LogP contribution in [0.15, 0.2) is 81.4 Å². The van der Waals surface area contributed by atoms with Gasteiger partial charge in [-0.1, -0.05) is 36.0 Å². The maximum Gasteiger partial charge on any atom is 0.243 e. The number of hydrogen-bond donors (Lipinski definition) is 1. The van der Waals surface area contributed by atoms with E-state index in [-0.39, 0.29) is 16.6 Å². The van der Waals surface area contributed by atoms with Crippen molar-refractivity contribution in [2.24, 2.45) is 0 Å². The van der Waals surface area contributed by atoms with Crippen LogP contribution in [-0.2, 0) is 19.6 Å². The highest BCUT2D eigenvalue weighted by atomic mass is 32.2. The molecule has 1 amide bonds. The number of amides is 1. The molecule has 1 aliphatic heterocycles. The Morgan fingerprint density at radius 3 is 2.57 bits per heavy atom. The largest absolute Gasteiger partial charge is 0.469 e. The van der Waals surface area contributed by atoms with Crippen molar-refractivity contribution in [2.75, 3.05) is 37.4 Å². The Labute approximate surface area is 218 Å². The van der Waals surface area contributed by atoms with Gasteiger partial charge in [-0.25, -0.2) is 8.42 Å². The van der Waals surface area contributed by atoms with E-state index in [9.17, 15) is 13.2 Å². The van der Waals surface area contributed by atoms with E-state index >= 15 is 0 Å². The summed E-state index contributed by atoms with van der Waals surface area (Å²) in [4.78, 5) is 12.9. The van der Waals surface area contributed by atoms with Gasteiger partial charge in [0, 0.05) is 24.5 Å². The number of rotatable bonds is 8. The number of morpholine rings is 1. The van der Waals surface area contributed by atoms with Crippen LogP contribution in [-0.4, -0.2) is 65.5 Å². The number of nitrogens with one attached hydrogen (secondary N) is 1. The van der Waals surface area contributed by atoms with Gasteiger partial charge in [-0.2, -0.15) is 4.31 Å². The number of nitrogens with zero attached hydrogens (tertiary/aromatic N) is 4. The number of benzene rings is 2. The van der Waals surface area contributed by atoms with Crippen LogP contribution in [0.1, 0.15) is 5.76 Å². The SMILES string of the molecule is Cc1occc1-c1nnc(SCC(=O)Nc2cccc(S(=O)(=O)N3CCOCC3)c2)n1-c1ccccc1. The third kappa shape index (κ3) is 5.47. The number of ether oxygens (including phenoxy) is 1. The third-order valence-electron chi connectivity index (χ3n) is 5.81. The predicted molar refractivity (Wildman–Crippen MR) is 139 cm³/mol. The van der Waals surface area contributed by atoms with Gasteiger partial charge in [-0.05, 0) is 43.3 Å². The molecule has 1 aliphatic rings. The molecule has 2 aromatic carbocycles. The van der Waals surface area contributed by atoms with Crippen molar-refractivity contribution < 1.29 is 22.4 Å². The molecule has 4 aromatic rings. The molecule has 0 aliphatic carbocycles. The van der Waals surface area contributed by atoms with Gasteiger partial charge >= 0.3 is 0 Å². The van der Waals surface area contributed by atoms with E-state index in [0.717, 1.165) is 11.3 Å². The molecule has 10 nitrogen and oxygen atoms in total. The molecular formula is C25H25N5O5S2. The molecular weight excluding hydrogens is 514 g/mol. The molecule has 1 fully saturated rings. The second-order valence-electron chi connectivity index (χ2n) is 8.25. The molecule has 2 aromatic heterocycles. The highest BCUT2D eigenvalue weighted by Gasteiger charge is 2.26. The highest BCUT2D eigenvalue weighted by molar-refractivity contribution is 7.99. The van der Waals surface area contributed by atoms with Crippen molar-refractivity contribution in [3.8, 4) is 17.1 Å². The van der Waals surface area contributed by atoms with Crippen molar-refractivity contribution in [2.45, 2.75) is 17.0 Å². The molecule has 12 heteroatoms. The maximum absolute atomic E-state index is 13.0. The van der Waals surface area contributed by atoms with E-state index in [1.807, 2.05) is 47.9 Å². The number of aryl methyl sites for hydroxylation is 1. The molecule has 3 heterocycles. The van der Waals surface area contributed by atoms with Gasteiger partial charge in [-0.15, -0.1) is 10.2 Å². The number of furan rings is 1. The first kappa shape index (κ1) is 25.2. The van der Waals surface area contributed by atoms with Crippen LogP contribution in [0.25, 0.3) is 17.1 Å². The maximum atomic E-state index is 13.0. The summed E-state index contributed by atoms with van der Waals surface area (Å²) in [5.74, 6) is 1.08. The normalized spacial score (nSPS) is 14.5. The minimum absolute atomic E-state index is 0.0514. The summed E-state index contributed by atoms with van der Waals surface area (Å²) in [5.41, 5.74) is 2.07. The summed E-state index contributed by atoms with van der Waals surface area (Å²) in [6.07, 6.45) is 1.60. The lowest BCUT2D eigenvalue weighted by atomic mass is 10.2. The molecule has 0 saturated carbocycles. The van der Waals surface area contributed by atoms with Gasteiger partial charge in [0.2, 0.25) is 15.9 Å². The van der Waals surface area contributed by atoms with E-state index in [0.29, 0.717) is 48.7 Å². The molecule has 37 heavy (non-hydrogen) atoms. The molecule has 192 valence electrons.